The molecule has 0 radical (unpaired) electrons. The molecule has 12 nitrogen and oxygen atoms in total. The zero-order valence-corrected chi connectivity index (χ0v) is 35.6. The number of halogens is 3. The Morgan fingerprint density at radius 1 is 0.968 bits per heavy atom. The first-order valence-corrected chi connectivity index (χ1v) is 22.2. The molecule has 2 saturated carbocycles. The molecule has 62 heavy (non-hydrogen) atoms. The van der Waals surface area contributed by atoms with E-state index in [9.17, 15) is 37.5 Å². The topological polar surface area (TPSA) is 157 Å². The van der Waals surface area contributed by atoms with Crippen LogP contribution in [0, 0.1) is 17.3 Å². The molecule has 9 rings (SSSR count). The van der Waals surface area contributed by atoms with Crippen molar-refractivity contribution in [1.29, 1.82) is 0 Å². The van der Waals surface area contributed by atoms with Crippen molar-refractivity contribution in [2.45, 2.75) is 95.4 Å². The summed E-state index contributed by atoms with van der Waals surface area (Å²) in [5.41, 5.74) is 1.02. The molecule has 4 amide bonds. The summed E-state index contributed by atoms with van der Waals surface area (Å²) in [6.07, 6.45) is 3.99. The first kappa shape index (κ1) is 42.1. The minimum atomic E-state index is -4.69. The number of likely N-dealkylation sites (tertiary alicyclic amines) is 1. The molecule has 4 fully saturated rings. The predicted molar refractivity (Wildman–Crippen MR) is 229 cm³/mol. The van der Waals surface area contributed by atoms with E-state index in [1.54, 1.807) is 49.4 Å². The van der Waals surface area contributed by atoms with Gasteiger partial charge in [0.1, 0.15) is 17.4 Å². The lowest BCUT2D eigenvalue weighted by atomic mass is 9.57. The number of imide groups is 1. The highest BCUT2D eigenvalue weighted by Gasteiger charge is 2.52. The van der Waals surface area contributed by atoms with Crippen molar-refractivity contribution in [2.75, 3.05) is 36.8 Å². The highest BCUT2D eigenvalue weighted by molar-refractivity contribution is 7.18. The second-order valence-corrected chi connectivity index (χ2v) is 19.7. The van der Waals surface area contributed by atoms with E-state index in [1.165, 1.54) is 18.9 Å². The minimum Gasteiger partial charge on any atom is -0.386 e. The molecule has 3 aliphatic heterocycles. The molecule has 2 aliphatic carbocycles. The quantitative estimate of drug-likeness (QED) is 0.110. The number of aromatic nitrogens is 2. The van der Waals surface area contributed by atoms with Crippen molar-refractivity contribution in [2.24, 2.45) is 17.3 Å². The molecule has 2 aromatic carbocycles. The van der Waals surface area contributed by atoms with Gasteiger partial charge in [-0.25, -0.2) is 9.97 Å². The van der Waals surface area contributed by atoms with E-state index < -0.39 is 41.2 Å². The molecule has 4 aromatic rings. The fraction of sp³-hybridized carbons (Fsp3) is 0.478. The lowest BCUT2D eigenvalue weighted by molar-refractivity contribution is -0.141. The van der Waals surface area contributed by atoms with Crippen LogP contribution in [0.4, 0.5) is 24.5 Å². The zero-order chi connectivity index (χ0) is 43.7. The molecule has 2 saturated heterocycles. The van der Waals surface area contributed by atoms with E-state index in [4.69, 9.17) is 4.98 Å². The van der Waals surface area contributed by atoms with E-state index >= 15 is 0 Å². The third-order valence-electron chi connectivity index (χ3n) is 13.4. The van der Waals surface area contributed by atoms with Gasteiger partial charge in [-0.1, -0.05) is 12.6 Å². The number of rotatable bonds is 11. The average Bonchev–Trinajstić information content (AvgIpc) is 3.72. The van der Waals surface area contributed by atoms with Gasteiger partial charge in [-0.3, -0.25) is 24.1 Å². The van der Waals surface area contributed by atoms with Crippen molar-refractivity contribution in [3.63, 3.8) is 0 Å². The molecular formula is C46H50F3N7O5S. The minimum absolute atomic E-state index is 0.302. The standard InChI is InChI=1S/C46H50F3N7O5S/c1-25-7-14-36(40(58)51-25)56-42(59)30-13-12-29(17-31(30)43(56)60)50-16-15-27-20-45(21-27)23-55(24-45)22-26-8-10-28(11-9-26)41-54-35-18-32(44(2,3)61)34(19-37(35)62-41)53-39(57)33-5-4-6-38(52-33)46(47,48)49/h4-6,12-13,17-19,26-28,36,50,61H,1,7-11,14-16,20-24H2,2-3H3,(H,51,58)(H,53,57)/t26-,28-,36?. The van der Waals surface area contributed by atoms with Crippen LogP contribution < -0.4 is 16.0 Å². The van der Waals surface area contributed by atoms with E-state index in [0.717, 1.165) is 90.7 Å². The summed E-state index contributed by atoms with van der Waals surface area (Å²) in [7, 11) is 0. The van der Waals surface area contributed by atoms with Gasteiger partial charge in [-0.05, 0) is 131 Å². The Balaban J connectivity index is 0.723. The normalized spacial score (nSPS) is 23.0. The molecule has 1 unspecified atom stereocenters. The molecule has 5 aliphatic rings. The number of pyridine rings is 1. The Morgan fingerprint density at radius 3 is 2.42 bits per heavy atom. The van der Waals surface area contributed by atoms with Crippen LogP contribution in [0.2, 0.25) is 0 Å². The molecule has 0 bridgehead atoms. The summed E-state index contributed by atoms with van der Waals surface area (Å²) in [6.45, 7) is 11.1. The number of nitrogens with zero attached hydrogens (tertiary/aromatic N) is 4. The maximum Gasteiger partial charge on any atom is 0.433 e. The van der Waals surface area contributed by atoms with Crippen LogP contribution in [-0.2, 0) is 16.6 Å². The Hall–Kier alpha value is -5.19. The number of hydrogen-bond acceptors (Lipinski definition) is 10. The largest absolute Gasteiger partial charge is 0.433 e. The monoisotopic (exact) mass is 869 g/mol. The van der Waals surface area contributed by atoms with Crippen molar-refractivity contribution in [3.8, 4) is 0 Å². The second kappa shape index (κ2) is 15.9. The van der Waals surface area contributed by atoms with E-state index in [1.807, 2.05) is 6.07 Å². The van der Waals surface area contributed by atoms with E-state index in [0.29, 0.717) is 69.6 Å². The maximum absolute atomic E-state index is 13.3. The molecule has 5 heterocycles. The summed E-state index contributed by atoms with van der Waals surface area (Å²) < 4.78 is 40.6. The molecule has 2 aromatic heterocycles. The number of fused-ring (bicyclic) bond motifs is 2. The van der Waals surface area contributed by atoms with Crippen LogP contribution in [0.3, 0.4) is 0 Å². The smallest absolute Gasteiger partial charge is 0.386 e. The number of hydrogen-bond donors (Lipinski definition) is 4. The maximum atomic E-state index is 13.3. The second-order valence-electron chi connectivity index (χ2n) is 18.6. The van der Waals surface area contributed by atoms with Crippen molar-refractivity contribution < 1.29 is 37.5 Å². The fourth-order valence-corrected chi connectivity index (χ4v) is 11.5. The first-order chi connectivity index (χ1) is 29.4. The average molecular weight is 870 g/mol. The molecule has 16 heteroatoms. The van der Waals surface area contributed by atoms with E-state index in [-0.39, 0.29) is 11.6 Å². The molecule has 326 valence electrons. The van der Waals surface area contributed by atoms with Crippen LogP contribution in [0.5, 0.6) is 0 Å². The van der Waals surface area contributed by atoms with Crippen LogP contribution in [0.25, 0.3) is 10.2 Å². The van der Waals surface area contributed by atoms with E-state index in [2.05, 4.69) is 32.4 Å². The van der Waals surface area contributed by atoms with Gasteiger partial charge in [0.2, 0.25) is 5.91 Å². The summed E-state index contributed by atoms with van der Waals surface area (Å²) in [5, 5.41) is 20.8. The zero-order valence-electron chi connectivity index (χ0n) is 34.7. The number of nitrogens with one attached hydrogen (secondary N) is 3. The fourth-order valence-electron chi connectivity index (χ4n) is 10.4. The number of benzene rings is 2. The number of allylic oxidation sites excluding steroid dienone is 1. The van der Waals surface area contributed by atoms with Gasteiger partial charge in [-0.15, -0.1) is 11.3 Å². The number of carbonyl (C=O) groups is 4. The Bertz CT molecular complexity index is 2480. The Kier molecular flexibility index (Phi) is 10.8. The van der Waals surface area contributed by atoms with Gasteiger partial charge in [0.25, 0.3) is 17.7 Å². The summed E-state index contributed by atoms with van der Waals surface area (Å²) in [5.74, 6) is -0.432. The number of amides is 4. The van der Waals surface area contributed by atoms with Crippen molar-refractivity contribution in [3.05, 3.63) is 93.9 Å². The molecular weight excluding hydrogens is 820 g/mol. The highest BCUT2D eigenvalue weighted by Crippen LogP contribution is 2.53. The molecule has 1 atom stereocenters. The first-order valence-electron chi connectivity index (χ1n) is 21.4. The SMILES string of the molecule is C=C1CCC(N2C(=O)c3ccc(NCCC4CC5(C4)CN(C[C@H]4CC[C@H](c6nc7cc(C(C)(C)O)c(NC(=O)c8cccc(C(F)(F)F)n8)cc7s6)CC4)C5)cc3C2=O)C(=O)N1. The molecule has 4 N–H and O–H groups in total. The number of piperidine rings is 1. The number of anilines is 2. The van der Waals surface area contributed by atoms with Gasteiger partial charge >= 0.3 is 6.18 Å². The lowest BCUT2D eigenvalue weighted by Gasteiger charge is -2.60. The van der Waals surface area contributed by atoms with Crippen LogP contribution >= 0.6 is 11.3 Å². The van der Waals surface area contributed by atoms with Crippen LogP contribution in [0.1, 0.15) is 125 Å². The number of aliphatic hydroxyl groups is 1. The summed E-state index contributed by atoms with van der Waals surface area (Å²) in [4.78, 5) is 64.1. The van der Waals surface area contributed by atoms with Gasteiger partial charge in [0.05, 0.1) is 32.0 Å². The third kappa shape index (κ3) is 8.24. The van der Waals surface area contributed by atoms with Crippen LogP contribution in [-0.4, -0.2) is 80.7 Å². The molecule has 1 spiro atoms. The van der Waals surface area contributed by atoms with Crippen molar-refractivity contribution >= 4 is 56.6 Å². The lowest BCUT2D eigenvalue weighted by Crippen LogP contribution is -2.63. The van der Waals surface area contributed by atoms with Crippen molar-refractivity contribution in [1.82, 2.24) is 25.1 Å². The van der Waals surface area contributed by atoms with Gasteiger partial charge in [0, 0.05) is 54.7 Å². The Morgan fingerprint density at radius 2 is 1.71 bits per heavy atom. The highest BCUT2D eigenvalue weighted by atomic mass is 32.1. The van der Waals surface area contributed by atoms with Gasteiger partial charge in [0.15, 0.2) is 0 Å². The summed E-state index contributed by atoms with van der Waals surface area (Å²) >= 11 is 1.56. The van der Waals surface area contributed by atoms with Gasteiger partial charge < -0.3 is 26.0 Å². The summed E-state index contributed by atoms with van der Waals surface area (Å²) in [6, 6.07) is 11.1. The Labute approximate surface area is 361 Å². The van der Waals surface area contributed by atoms with Crippen LogP contribution in [0.15, 0.2) is 60.8 Å². The third-order valence-corrected chi connectivity index (χ3v) is 14.6. The number of alkyl halides is 3. The number of carbonyl (C=O) groups excluding carboxylic acids is 4. The van der Waals surface area contributed by atoms with Gasteiger partial charge in [-0.2, -0.15) is 13.2 Å². The number of thiazole rings is 1. The predicted octanol–water partition coefficient (Wildman–Crippen LogP) is 8.07.